The van der Waals surface area contributed by atoms with Crippen LogP contribution in [0.1, 0.15) is 30.6 Å². The molecule has 1 aromatic heterocycles. The molecule has 6 nitrogen and oxygen atoms in total. The third-order valence-corrected chi connectivity index (χ3v) is 5.39. The van der Waals surface area contributed by atoms with E-state index in [1.54, 1.807) is 25.3 Å². The van der Waals surface area contributed by atoms with Crippen molar-refractivity contribution in [3.8, 4) is 0 Å². The summed E-state index contributed by atoms with van der Waals surface area (Å²) < 4.78 is 19.5. The first-order valence-electron chi connectivity index (χ1n) is 8.37. The number of esters is 1. The van der Waals surface area contributed by atoms with Crippen molar-refractivity contribution in [2.24, 2.45) is 5.73 Å². The van der Waals surface area contributed by atoms with E-state index < -0.39 is 5.97 Å². The molecule has 146 valence electrons. The molecule has 0 saturated heterocycles. The van der Waals surface area contributed by atoms with Crippen LogP contribution < -0.4 is 11.3 Å². The summed E-state index contributed by atoms with van der Waals surface area (Å²) in [4.78, 5) is 28.9. The van der Waals surface area contributed by atoms with Crippen molar-refractivity contribution in [3.63, 3.8) is 0 Å². The van der Waals surface area contributed by atoms with Gasteiger partial charge in [0, 0.05) is 6.04 Å². The Kier molecular flexibility index (Phi) is 8.00. The molecule has 1 atom stereocenters. The van der Waals surface area contributed by atoms with E-state index in [1.165, 1.54) is 28.5 Å². The number of rotatable bonds is 8. The van der Waals surface area contributed by atoms with E-state index in [0.717, 1.165) is 5.56 Å². The third kappa shape index (κ3) is 5.63. The molecule has 2 aromatic rings. The largest absolute Gasteiger partial charge is 0.465 e. The van der Waals surface area contributed by atoms with Gasteiger partial charge < -0.3 is 10.5 Å². The number of thioether (sulfide) groups is 1. The molecule has 0 saturated carbocycles. The minimum atomic E-state index is -0.491. The van der Waals surface area contributed by atoms with Crippen LogP contribution in [-0.2, 0) is 22.5 Å². The maximum Gasteiger partial charge on any atom is 0.326 e. The summed E-state index contributed by atoms with van der Waals surface area (Å²) in [5, 5.41) is 0.432. The third-order valence-electron chi connectivity index (χ3n) is 3.91. The summed E-state index contributed by atoms with van der Waals surface area (Å²) in [5.74, 6) is -0.806. The minimum absolute atomic E-state index is 0.191. The first kappa shape index (κ1) is 21.6. The fraction of sp³-hybridized carbons (Fsp3) is 0.389. The van der Waals surface area contributed by atoms with E-state index in [1.807, 2.05) is 0 Å². The molecule has 0 aliphatic carbocycles. The van der Waals surface area contributed by atoms with Crippen molar-refractivity contribution in [3.05, 3.63) is 56.2 Å². The van der Waals surface area contributed by atoms with Crippen LogP contribution in [0.4, 0.5) is 4.39 Å². The summed E-state index contributed by atoms with van der Waals surface area (Å²) in [6, 6.07) is 5.72. The second-order valence-corrected chi connectivity index (χ2v) is 7.32. The number of carbonyl (C=O) groups excluding carboxylic acids is 1. The number of hydrogen-bond acceptors (Lipinski definition) is 6. The van der Waals surface area contributed by atoms with E-state index in [0.29, 0.717) is 28.2 Å². The van der Waals surface area contributed by atoms with Gasteiger partial charge >= 0.3 is 5.97 Å². The zero-order valence-electron chi connectivity index (χ0n) is 15.1. The lowest BCUT2D eigenvalue weighted by Crippen LogP contribution is -2.29. The maximum absolute atomic E-state index is 13.0. The number of halogens is 2. The first-order valence-corrected chi connectivity index (χ1v) is 10.4. The summed E-state index contributed by atoms with van der Waals surface area (Å²) in [6.45, 7) is 1.76. The summed E-state index contributed by atoms with van der Waals surface area (Å²) in [7, 11) is 0. The number of nitrogens with zero attached hydrogens (tertiary/aromatic N) is 2. The second-order valence-electron chi connectivity index (χ2n) is 5.75. The van der Waals surface area contributed by atoms with Crippen LogP contribution in [0.15, 0.2) is 38.7 Å². The van der Waals surface area contributed by atoms with Crippen LogP contribution in [0, 0.1) is 5.82 Å². The van der Waals surface area contributed by atoms with Gasteiger partial charge in [-0.2, -0.15) is 0 Å². The molecular weight excluding hydrogens is 437 g/mol. The average molecular weight is 458 g/mol. The van der Waals surface area contributed by atoms with Crippen molar-refractivity contribution in [1.29, 1.82) is 0 Å². The molecule has 1 heterocycles. The van der Waals surface area contributed by atoms with Gasteiger partial charge in [0.2, 0.25) is 0 Å². The zero-order valence-corrected chi connectivity index (χ0v) is 17.5. The second kappa shape index (κ2) is 10.0. The Morgan fingerprint density at radius 2 is 2.07 bits per heavy atom. The Morgan fingerprint density at radius 3 is 2.67 bits per heavy atom. The Bertz CT molecular complexity index is 858. The molecule has 0 aliphatic heterocycles. The molecular formula is C18H21BrFN3O3S. The number of aryl methyl sites for hydroxylation is 1. The lowest BCUT2D eigenvalue weighted by atomic mass is 10.0. The van der Waals surface area contributed by atoms with Crippen LogP contribution in [0.2, 0.25) is 0 Å². The highest BCUT2D eigenvalue weighted by molar-refractivity contribution is 9.10. The average Bonchev–Trinajstić information content (AvgIpc) is 2.65. The predicted octanol–water partition coefficient (Wildman–Crippen LogP) is 3.06. The monoisotopic (exact) mass is 457 g/mol. The molecule has 0 spiro atoms. The summed E-state index contributed by atoms with van der Waals surface area (Å²) >= 11 is 4.57. The van der Waals surface area contributed by atoms with Crippen molar-refractivity contribution in [2.45, 2.75) is 37.5 Å². The lowest BCUT2D eigenvalue weighted by Gasteiger charge is -2.15. The van der Waals surface area contributed by atoms with E-state index in [2.05, 4.69) is 20.9 Å². The predicted molar refractivity (Wildman–Crippen MR) is 106 cm³/mol. The van der Waals surface area contributed by atoms with Gasteiger partial charge in [0.05, 0.1) is 12.3 Å². The molecule has 0 amide bonds. The molecule has 0 bridgehead atoms. The van der Waals surface area contributed by atoms with Gasteiger partial charge in [-0.1, -0.05) is 23.9 Å². The van der Waals surface area contributed by atoms with E-state index in [9.17, 15) is 14.0 Å². The smallest absolute Gasteiger partial charge is 0.326 e. The molecule has 9 heteroatoms. The Balaban J connectivity index is 2.20. The van der Waals surface area contributed by atoms with Crippen molar-refractivity contribution in [2.75, 3.05) is 12.9 Å². The van der Waals surface area contributed by atoms with Gasteiger partial charge in [-0.25, -0.2) is 9.37 Å². The van der Waals surface area contributed by atoms with E-state index in [4.69, 9.17) is 10.5 Å². The fourth-order valence-corrected chi connectivity index (χ4v) is 3.59. The minimum Gasteiger partial charge on any atom is -0.465 e. The van der Waals surface area contributed by atoms with Crippen LogP contribution in [-0.4, -0.2) is 28.4 Å². The lowest BCUT2D eigenvalue weighted by molar-refractivity contribution is -0.144. The Morgan fingerprint density at radius 1 is 1.41 bits per heavy atom. The molecule has 1 aromatic carbocycles. The van der Waals surface area contributed by atoms with E-state index in [-0.39, 0.29) is 30.6 Å². The molecule has 27 heavy (non-hydrogen) atoms. The number of nitrogens with two attached hydrogens (primary N) is 1. The van der Waals surface area contributed by atoms with Gasteiger partial charge in [-0.3, -0.25) is 14.2 Å². The van der Waals surface area contributed by atoms with Crippen LogP contribution in [0.5, 0.6) is 0 Å². The number of carbonyl (C=O) groups is 1. The van der Waals surface area contributed by atoms with Gasteiger partial charge in [-0.15, -0.1) is 0 Å². The van der Waals surface area contributed by atoms with Crippen LogP contribution in [0.3, 0.4) is 0 Å². The number of aromatic nitrogens is 2. The molecule has 2 rings (SSSR count). The maximum atomic E-state index is 13.0. The molecule has 2 N–H and O–H groups in total. The normalized spacial score (nSPS) is 12.0. The summed E-state index contributed by atoms with van der Waals surface area (Å²) in [5.41, 5.74) is 7.21. The first-order chi connectivity index (χ1) is 12.9. The Labute approximate surface area is 169 Å². The van der Waals surface area contributed by atoms with E-state index >= 15 is 0 Å². The molecule has 0 fully saturated rings. The van der Waals surface area contributed by atoms with Crippen molar-refractivity contribution in [1.82, 2.24) is 9.55 Å². The van der Waals surface area contributed by atoms with Crippen molar-refractivity contribution < 1.29 is 13.9 Å². The van der Waals surface area contributed by atoms with Gasteiger partial charge in [-0.05, 0) is 59.6 Å². The number of benzene rings is 1. The SMILES string of the molecule is CCOC(=O)Cn1c(SC)nc(CC[C@@H](N)c2ccc(F)cc2)c(Br)c1=O. The highest BCUT2D eigenvalue weighted by Gasteiger charge is 2.18. The number of ether oxygens (including phenoxy) is 1. The van der Waals surface area contributed by atoms with Crippen LogP contribution in [0.25, 0.3) is 0 Å². The van der Waals surface area contributed by atoms with Gasteiger partial charge in [0.15, 0.2) is 5.16 Å². The van der Waals surface area contributed by atoms with Gasteiger partial charge in [0.1, 0.15) is 16.8 Å². The highest BCUT2D eigenvalue weighted by Crippen LogP contribution is 2.21. The zero-order chi connectivity index (χ0) is 20.0. The fourth-order valence-electron chi connectivity index (χ4n) is 2.52. The molecule has 0 aliphatic rings. The van der Waals surface area contributed by atoms with Crippen LogP contribution >= 0.6 is 27.7 Å². The Hall–Kier alpha value is -1.71. The molecule has 0 unspecified atom stereocenters. The molecule has 0 radical (unpaired) electrons. The topological polar surface area (TPSA) is 87.2 Å². The summed E-state index contributed by atoms with van der Waals surface area (Å²) in [6.07, 6.45) is 2.78. The standard InChI is InChI=1S/C18H21BrFN3O3S/c1-3-26-15(24)10-23-17(25)16(19)14(22-18(23)27-2)9-8-13(21)11-4-6-12(20)7-5-11/h4-7,13H,3,8-10,21H2,1-2H3/t13-/m1/s1. The quantitative estimate of drug-likeness (QED) is 0.372. The van der Waals surface area contributed by atoms with Gasteiger partial charge in [0.25, 0.3) is 5.56 Å². The number of hydrogen-bond donors (Lipinski definition) is 1. The highest BCUT2D eigenvalue weighted by atomic mass is 79.9. The van der Waals surface area contributed by atoms with Crippen molar-refractivity contribution >= 4 is 33.7 Å².